The Morgan fingerprint density at radius 3 is 2.31 bits per heavy atom. The van der Waals surface area contributed by atoms with Gasteiger partial charge in [-0.25, -0.2) is 0 Å². The number of nitrogens with one attached hydrogen (secondary N) is 2. The fourth-order valence-electron chi connectivity index (χ4n) is 3.04. The van der Waals surface area contributed by atoms with Gasteiger partial charge in [0.15, 0.2) is 5.16 Å². The first-order chi connectivity index (χ1) is 15.4. The van der Waals surface area contributed by atoms with Gasteiger partial charge in [0.05, 0.1) is 19.3 Å². The van der Waals surface area contributed by atoms with E-state index in [1.807, 2.05) is 43.5 Å². The maximum atomic E-state index is 12.5. The van der Waals surface area contributed by atoms with Crippen molar-refractivity contribution in [2.45, 2.75) is 38.9 Å². The van der Waals surface area contributed by atoms with Gasteiger partial charge in [0.25, 0.3) is 0 Å². The summed E-state index contributed by atoms with van der Waals surface area (Å²) in [6.45, 7) is 6.59. The summed E-state index contributed by atoms with van der Waals surface area (Å²) in [4.78, 5) is 24.8. The smallest absolute Gasteiger partial charge is 0.234 e. The van der Waals surface area contributed by atoms with Crippen LogP contribution in [-0.4, -0.2) is 39.4 Å². The van der Waals surface area contributed by atoms with Crippen LogP contribution in [0.2, 0.25) is 0 Å². The zero-order valence-electron chi connectivity index (χ0n) is 18.6. The molecule has 0 radical (unpaired) electrons. The van der Waals surface area contributed by atoms with Gasteiger partial charge in [0, 0.05) is 17.9 Å². The van der Waals surface area contributed by atoms with Gasteiger partial charge in [-0.05, 0) is 68.3 Å². The third kappa shape index (κ3) is 6.10. The van der Waals surface area contributed by atoms with Gasteiger partial charge in [-0.3, -0.25) is 9.59 Å². The topological polar surface area (TPSA) is 98.1 Å². The Balaban J connectivity index is 1.56. The first-order valence-corrected chi connectivity index (χ1v) is 11.2. The van der Waals surface area contributed by atoms with Gasteiger partial charge in [-0.15, -0.1) is 10.2 Å². The SMILES string of the molecule is CCn1c(CC(=O)Nc2ccc(C)c(C)c2)nnc1SCC(=O)Nc1ccc(OC)cc1. The number of carbonyl (C=O) groups excluding carboxylic acids is 2. The highest BCUT2D eigenvalue weighted by molar-refractivity contribution is 7.99. The number of aryl methyl sites for hydroxylation is 2. The zero-order chi connectivity index (χ0) is 23.1. The van der Waals surface area contributed by atoms with E-state index in [0.29, 0.717) is 23.2 Å². The molecule has 0 bridgehead atoms. The predicted molar refractivity (Wildman–Crippen MR) is 126 cm³/mol. The van der Waals surface area contributed by atoms with E-state index in [4.69, 9.17) is 4.74 Å². The van der Waals surface area contributed by atoms with Crippen molar-refractivity contribution in [1.29, 1.82) is 0 Å². The normalized spacial score (nSPS) is 10.6. The maximum absolute atomic E-state index is 12.5. The van der Waals surface area contributed by atoms with Crippen LogP contribution in [0.3, 0.4) is 0 Å². The summed E-state index contributed by atoms with van der Waals surface area (Å²) in [5.41, 5.74) is 3.74. The lowest BCUT2D eigenvalue weighted by Gasteiger charge is -2.09. The quantitative estimate of drug-likeness (QED) is 0.478. The number of hydrogen-bond donors (Lipinski definition) is 2. The lowest BCUT2D eigenvalue weighted by molar-refractivity contribution is -0.116. The second-order valence-corrected chi connectivity index (χ2v) is 8.17. The molecule has 32 heavy (non-hydrogen) atoms. The summed E-state index contributed by atoms with van der Waals surface area (Å²) in [5, 5.41) is 14.7. The molecule has 0 saturated heterocycles. The Kier molecular flexibility index (Phi) is 7.88. The zero-order valence-corrected chi connectivity index (χ0v) is 19.5. The van der Waals surface area contributed by atoms with Gasteiger partial charge >= 0.3 is 0 Å². The molecule has 2 N–H and O–H groups in total. The first-order valence-electron chi connectivity index (χ1n) is 10.3. The van der Waals surface area contributed by atoms with Gasteiger partial charge < -0.3 is 19.9 Å². The van der Waals surface area contributed by atoms with Crippen LogP contribution in [-0.2, 0) is 22.6 Å². The predicted octanol–water partition coefficient (Wildman–Crippen LogP) is 3.84. The van der Waals surface area contributed by atoms with Crippen LogP contribution in [0, 0.1) is 13.8 Å². The number of anilines is 2. The van der Waals surface area contributed by atoms with Gasteiger partial charge in [0.2, 0.25) is 11.8 Å². The fourth-order valence-corrected chi connectivity index (χ4v) is 3.86. The summed E-state index contributed by atoms with van der Waals surface area (Å²) in [5.74, 6) is 1.15. The molecule has 168 valence electrons. The van der Waals surface area contributed by atoms with E-state index < -0.39 is 0 Å². The van der Waals surface area contributed by atoms with Crippen LogP contribution < -0.4 is 15.4 Å². The third-order valence-electron chi connectivity index (χ3n) is 4.93. The molecule has 3 aromatic rings. The van der Waals surface area contributed by atoms with Crippen molar-refractivity contribution in [3.05, 3.63) is 59.4 Å². The average Bonchev–Trinajstić information content (AvgIpc) is 3.16. The first kappa shape index (κ1) is 23.3. The van der Waals surface area contributed by atoms with E-state index in [0.717, 1.165) is 17.0 Å². The number of thioether (sulfide) groups is 1. The lowest BCUT2D eigenvalue weighted by atomic mass is 10.1. The lowest BCUT2D eigenvalue weighted by Crippen LogP contribution is -2.18. The van der Waals surface area contributed by atoms with Crippen molar-refractivity contribution in [2.24, 2.45) is 0 Å². The van der Waals surface area contributed by atoms with Crippen LogP contribution in [0.15, 0.2) is 47.6 Å². The molecule has 0 aliphatic heterocycles. The highest BCUT2D eigenvalue weighted by atomic mass is 32.2. The van der Waals surface area contributed by atoms with Crippen LogP contribution in [0.25, 0.3) is 0 Å². The van der Waals surface area contributed by atoms with Crippen LogP contribution in [0.5, 0.6) is 5.75 Å². The molecule has 1 heterocycles. The van der Waals surface area contributed by atoms with Gasteiger partial charge in [-0.2, -0.15) is 0 Å². The number of amides is 2. The third-order valence-corrected chi connectivity index (χ3v) is 5.89. The average molecular weight is 454 g/mol. The van der Waals surface area contributed by atoms with Crippen molar-refractivity contribution in [1.82, 2.24) is 14.8 Å². The number of benzene rings is 2. The van der Waals surface area contributed by atoms with E-state index in [1.165, 1.54) is 17.3 Å². The Morgan fingerprint density at radius 2 is 1.66 bits per heavy atom. The number of carbonyl (C=O) groups is 2. The summed E-state index contributed by atoms with van der Waals surface area (Å²) in [6.07, 6.45) is 0.104. The van der Waals surface area contributed by atoms with Crippen LogP contribution >= 0.6 is 11.8 Å². The molecule has 2 aromatic carbocycles. The van der Waals surface area contributed by atoms with Crippen LogP contribution in [0.1, 0.15) is 23.9 Å². The van der Waals surface area contributed by atoms with E-state index in [1.54, 1.807) is 31.4 Å². The fraction of sp³-hybridized carbons (Fsp3) is 0.304. The minimum atomic E-state index is -0.163. The number of nitrogens with zero attached hydrogens (tertiary/aromatic N) is 3. The van der Waals surface area contributed by atoms with E-state index in [2.05, 4.69) is 20.8 Å². The Hall–Kier alpha value is -3.33. The number of ether oxygens (including phenoxy) is 1. The second-order valence-electron chi connectivity index (χ2n) is 7.23. The number of rotatable bonds is 9. The molecule has 0 saturated carbocycles. The molecule has 0 fully saturated rings. The van der Waals surface area contributed by atoms with Crippen molar-refractivity contribution >= 4 is 35.0 Å². The highest BCUT2D eigenvalue weighted by Gasteiger charge is 2.16. The van der Waals surface area contributed by atoms with Crippen molar-refractivity contribution in [3.8, 4) is 5.75 Å². The Bertz CT molecular complexity index is 1100. The summed E-state index contributed by atoms with van der Waals surface area (Å²) < 4.78 is 6.97. The molecular weight excluding hydrogens is 426 g/mol. The Labute approximate surface area is 191 Å². The summed E-state index contributed by atoms with van der Waals surface area (Å²) in [7, 11) is 1.59. The van der Waals surface area contributed by atoms with Crippen LogP contribution in [0.4, 0.5) is 11.4 Å². The molecule has 0 atom stereocenters. The molecule has 0 unspecified atom stereocenters. The number of methoxy groups -OCH3 is 1. The molecule has 0 aliphatic carbocycles. The summed E-state index contributed by atoms with van der Waals surface area (Å²) in [6, 6.07) is 12.9. The molecular formula is C23H27N5O3S. The maximum Gasteiger partial charge on any atom is 0.234 e. The molecule has 0 aliphatic rings. The minimum absolute atomic E-state index is 0.104. The molecule has 2 amide bonds. The Morgan fingerprint density at radius 1 is 0.969 bits per heavy atom. The van der Waals surface area contributed by atoms with E-state index in [9.17, 15) is 9.59 Å². The van der Waals surface area contributed by atoms with E-state index in [-0.39, 0.29) is 24.0 Å². The standard InChI is InChI=1S/C23H27N5O3S/c1-5-28-20(13-21(29)25-18-7-6-15(2)16(3)12-18)26-27-23(28)32-14-22(30)24-17-8-10-19(31-4)11-9-17/h6-12H,5,13-14H2,1-4H3,(H,24,30)(H,25,29). The monoisotopic (exact) mass is 453 g/mol. The summed E-state index contributed by atoms with van der Waals surface area (Å²) >= 11 is 1.28. The van der Waals surface area contributed by atoms with Crippen molar-refractivity contribution in [2.75, 3.05) is 23.5 Å². The molecule has 1 aromatic heterocycles. The van der Waals surface area contributed by atoms with E-state index >= 15 is 0 Å². The second kappa shape index (κ2) is 10.8. The number of aromatic nitrogens is 3. The molecule has 8 nitrogen and oxygen atoms in total. The van der Waals surface area contributed by atoms with Crippen molar-refractivity contribution in [3.63, 3.8) is 0 Å². The number of hydrogen-bond acceptors (Lipinski definition) is 6. The molecule has 9 heteroatoms. The minimum Gasteiger partial charge on any atom is -0.497 e. The molecule has 0 spiro atoms. The van der Waals surface area contributed by atoms with Gasteiger partial charge in [0.1, 0.15) is 11.6 Å². The molecule has 3 rings (SSSR count). The largest absolute Gasteiger partial charge is 0.497 e. The van der Waals surface area contributed by atoms with Crippen molar-refractivity contribution < 1.29 is 14.3 Å². The van der Waals surface area contributed by atoms with Gasteiger partial charge in [-0.1, -0.05) is 17.8 Å². The highest BCUT2D eigenvalue weighted by Crippen LogP contribution is 2.20.